The molecule has 61 heavy (non-hydrogen) atoms. The Morgan fingerprint density at radius 2 is 0.738 bits per heavy atom. The number of carbonyl (C=O) groups is 3. The fourth-order valence-corrected chi connectivity index (χ4v) is 6.15. The van der Waals surface area contributed by atoms with Gasteiger partial charge in [0.2, 0.25) is 0 Å². The van der Waals surface area contributed by atoms with Crippen molar-refractivity contribution in [3.63, 3.8) is 0 Å². The van der Waals surface area contributed by atoms with Crippen LogP contribution in [0.4, 0.5) is 0 Å². The molecule has 0 heterocycles. The summed E-state index contributed by atoms with van der Waals surface area (Å²) in [6, 6.07) is 0. The molecular weight excluding hydrogens is 757 g/mol. The van der Waals surface area contributed by atoms with Crippen molar-refractivity contribution in [3.05, 3.63) is 109 Å². The van der Waals surface area contributed by atoms with Crippen LogP contribution in [0.2, 0.25) is 0 Å². The number of esters is 3. The number of unbranched alkanes of at least 4 members (excludes halogenated alkanes) is 17. The van der Waals surface area contributed by atoms with E-state index in [1.807, 2.05) is 24.3 Å². The highest BCUT2D eigenvalue weighted by Gasteiger charge is 2.19. The van der Waals surface area contributed by atoms with Gasteiger partial charge in [0.1, 0.15) is 13.2 Å². The third kappa shape index (κ3) is 47.0. The molecule has 0 bridgehead atoms. The Labute approximate surface area is 374 Å². The summed E-state index contributed by atoms with van der Waals surface area (Å²) >= 11 is 0. The topological polar surface area (TPSA) is 78.9 Å². The highest BCUT2D eigenvalue weighted by molar-refractivity contribution is 5.71. The van der Waals surface area contributed by atoms with E-state index >= 15 is 0 Å². The standard InChI is InChI=1S/C55H88O6/c1-4-7-10-13-16-19-22-24-26-27-29-30-33-36-39-42-45-48-54(57)60-51-52(50-59-53(56)47-44-41-38-35-32-21-18-15-12-9-6-3)61-55(58)49-46-43-40-37-34-31-28-25-23-20-17-14-11-8-5-2/h8,11,14-15,17-18,20-21,23-26,28-30,32,36,39,52H,4-7,9-10,12-13,16,19,22,27,31,33-35,37-38,40-51H2,1-3H3/b11-8-,17-14-,18-15-,23-20-,26-24-,28-25-,30-29-,32-21-,39-36-. The van der Waals surface area contributed by atoms with Crippen LogP contribution in [0, 0.1) is 0 Å². The Morgan fingerprint density at radius 1 is 0.361 bits per heavy atom. The summed E-state index contributed by atoms with van der Waals surface area (Å²) in [5, 5.41) is 0. The quantitative estimate of drug-likeness (QED) is 0.0200. The van der Waals surface area contributed by atoms with Gasteiger partial charge >= 0.3 is 17.9 Å². The van der Waals surface area contributed by atoms with Crippen LogP contribution in [0.1, 0.15) is 201 Å². The lowest BCUT2D eigenvalue weighted by molar-refractivity contribution is -0.167. The van der Waals surface area contributed by atoms with Crippen LogP contribution in [0.5, 0.6) is 0 Å². The van der Waals surface area contributed by atoms with E-state index < -0.39 is 6.10 Å². The zero-order valence-electron chi connectivity index (χ0n) is 39.1. The summed E-state index contributed by atoms with van der Waals surface area (Å²) in [7, 11) is 0. The minimum atomic E-state index is -0.822. The minimum absolute atomic E-state index is 0.120. The molecular formula is C55H88O6. The SMILES string of the molecule is CC\C=C/C=C\C=C/C=C\CCCCCCCC(=O)OC(COC(=O)CCC/C=C\C/C=C\C/C=C\CCCCCCCC)COC(=O)CCCCC/C=C\C=C/CCCC. The predicted octanol–water partition coefficient (Wildman–Crippen LogP) is 16.0. The molecule has 344 valence electrons. The van der Waals surface area contributed by atoms with Gasteiger partial charge in [-0.2, -0.15) is 0 Å². The Kier molecular flexibility index (Phi) is 45.6. The molecule has 0 rings (SSSR count). The van der Waals surface area contributed by atoms with Gasteiger partial charge in [0.25, 0.3) is 0 Å². The van der Waals surface area contributed by atoms with Gasteiger partial charge in [-0.25, -0.2) is 0 Å². The van der Waals surface area contributed by atoms with Crippen molar-refractivity contribution in [1.29, 1.82) is 0 Å². The zero-order chi connectivity index (χ0) is 44.4. The molecule has 0 aromatic carbocycles. The Hall–Kier alpha value is -3.93. The number of rotatable bonds is 42. The van der Waals surface area contributed by atoms with Gasteiger partial charge in [0.15, 0.2) is 6.10 Å². The summed E-state index contributed by atoms with van der Waals surface area (Å²) < 4.78 is 16.7. The summed E-state index contributed by atoms with van der Waals surface area (Å²) in [6.07, 6.45) is 65.1. The normalized spacial score (nSPS) is 13.0. The lowest BCUT2D eigenvalue weighted by atomic mass is 10.1. The first kappa shape index (κ1) is 57.1. The maximum absolute atomic E-state index is 12.8. The lowest BCUT2D eigenvalue weighted by Crippen LogP contribution is -2.30. The number of hydrogen-bond acceptors (Lipinski definition) is 6. The van der Waals surface area contributed by atoms with Crippen molar-refractivity contribution < 1.29 is 28.6 Å². The smallest absolute Gasteiger partial charge is 0.306 e. The van der Waals surface area contributed by atoms with Crippen molar-refractivity contribution in [1.82, 2.24) is 0 Å². The molecule has 0 radical (unpaired) electrons. The van der Waals surface area contributed by atoms with E-state index in [1.54, 1.807) is 0 Å². The van der Waals surface area contributed by atoms with Crippen molar-refractivity contribution in [2.45, 2.75) is 207 Å². The van der Waals surface area contributed by atoms with Gasteiger partial charge in [-0.05, 0) is 89.9 Å². The van der Waals surface area contributed by atoms with Crippen molar-refractivity contribution in [2.24, 2.45) is 0 Å². The van der Waals surface area contributed by atoms with Gasteiger partial charge < -0.3 is 14.2 Å². The fraction of sp³-hybridized carbons (Fsp3) is 0.618. The van der Waals surface area contributed by atoms with Crippen molar-refractivity contribution in [2.75, 3.05) is 13.2 Å². The minimum Gasteiger partial charge on any atom is -0.462 e. The van der Waals surface area contributed by atoms with E-state index in [1.165, 1.54) is 57.8 Å². The molecule has 0 saturated carbocycles. The van der Waals surface area contributed by atoms with Crippen LogP contribution in [0.3, 0.4) is 0 Å². The molecule has 0 spiro atoms. The van der Waals surface area contributed by atoms with Crippen LogP contribution in [-0.2, 0) is 28.6 Å². The maximum Gasteiger partial charge on any atom is 0.306 e. The summed E-state index contributed by atoms with van der Waals surface area (Å²) in [4.78, 5) is 37.8. The van der Waals surface area contributed by atoms with E-state index in [2.05, 4.69) is 106 Å². The van der Waals surface area contributed by atoms with Gasteiger partial charge in [0.05, 0.1) is 0 Å². The van der Waals surface area contributed by atoms with Crippen molar-refractivity contribution >= 4 is 17.9 Å². The molecule has 0 aliphatic heterocycles. The van der Waals surface area contributed by atoms with Crippen LogP contribution >= 0.6 is 0 Å². The molecule has 6 nitrogen and oxygen atoms in total. The molecule has 0 aliphatic rings. The number of allylic oxidation sites excluding steroid dienone is 18. The first-order valence-corrected chi connectivity index (χ1v) is 24.5. The van der Waals surface area contributed by atoms with E-state index in [9.17, 15) is 14.4 Å². The lowest BCUT2D eigenvalue weighted by Gasteiger charge is -2.18. The average Bonchev–Trinajstić information content (AvgIpc) is 3.26. The predicted molar refractivity (Wildman–Crippen MR) is 260 cm³/mol. The van der Waals surface area contributed by atoms with E-state index in [0.29, 0.717) is 12.8 Å². The number of ether oxygens (including phenoxy) is 3. The molecule has 0 aromatic heterocycles. The Bertz CT molecular complexity index is 1290. The molecule has 0 saturated heterocycles. The fourth-order valence-electron chi connectivity index (χ4n) is 6.15. The van der Waals surface area contributed by atoms with Gasteiger partial charge in [-0.15, -0.1) is 0 Å². The molecule has 0 aliphatic carbocycles. The third-order valence-electron chi connectivity index (χ3n) is 9.85. The zero-order valence-corrected chi connectivity index (χ0v) is 39.1. The molecule has 0 amide bonds. The Balaban J connectivity index is 4.55. The maximum atomic E-state index is 12.8. The monoisotopic (exact) mass is 845 g/mol. The summed E-state index contributed by atoms with van der Waals surface area (Å²) in [5.74, 6) is -1.03. The van der Waals surface area contributed by atoms with Crippen LogP contribution in [-0.4, -0.2) is 37.2 Å². The van der Waals surface area contributed by atoms with E-state index in [0.717, 1.165) is 96.3 Å². The third-order valence-corrected chi connectivity index (χ3v) is 9.85. The first-order chi connectivity index (χ1) is 30.0. The molecule has 1 atom stereocenters. The van der Waals surface area contributed by atoms with E-state index in [-0.39, 0.29) is 44.0 Å². The molecule has 1 unspecified atom stereocenters. The molecule has 0 aromatic rings. The first-order valence-electron chi connectivity index (χ1n) is 24.5. The summed E-state index contributed by atoms with van der Waals surface area (Å²) in [5.41, 5.74) is 0. The second-order valence-electron chi connectivity index (χ2n) is 15.8. The van der Waals surface area contributed by atoms with Crippen LogP contribution < -0.4 is 0 Å². The molecule has 6 heteroatoms. The highest BCUT2D eigenvalue weighted by Crippen LogP contribution is 2.12. The van der Waals surface area contributed by atoms with E-state index in [4.69, 9.17) is 14.2 Å². The molecule has 0 fully saturated rings. The van der Waals surface area contributed by atoms with Crippen LogP contribution in [0.25, 0.3) is 0 Å². The van der Waals surface area contributed by atoms with Gasteiger partial charge in [-0.3, -0.25) is 14.4 Å². The Morgan fingerprint density at radius 3 is 1.30 bits per heavy atom. The van der Waals surface area contributed by atoms with Crippen LogP contribution in [0.15, 0.2) is 109 Å². The molecule has 0 N–H and O–H groups in total. The largest absolute Gasteiger partial charge is 0.462 e. The second kappa shape index (κ2) is 48.7. The second-order valence-corrected chi connectivity index (χ2v) is 15.8. The highest BCUT2D eigenvalue weighted by atomic mass is 16.6. The van der Waals surface area contributed by atoms with Gasteiger partial charge in [0, 0.05) is 19.3 Å². The number of hydrogen-bond donors (Lipinski definition) is 0. The van der Waals surface area contributed by atoms with Gasteiger partial charge in [-0.1, -0.05) is 201 Å². The number of carbonyl (C=O) groups excluding carboxylic acids is 3. The average molecular weight is 845 g/mol. The summed E-state index contributed by atoms with van der Waals surface area (Å²) in [6.45, 7) is 6.33. The van der Waals surface area contributed by atoms with Crippen molar-refractivity contribution in [3.8, 4) is 0 Å².